The number of nitrogens with zero attached hydrogens (tertiary/aromatic N) is 1. The summed E-state index contributed by atoms with van der Waals surface area (Å²) >= 11 is 0. The summed E-state index contributed by atoms with van der Waals surface area (Å²) in [5, 5.41) is 13.6. The van der Waals surface area contributed by atoms with Crippen LogP contribution in [-0.2, 0) is 0 Å². The second-order valence-electron chi connectivity index (χ2n) is 4.75. The monoisotopic (exact) mass is 314 g/mol. The summed E-state index contributed by atoms with van der Waals surface area (Å²) in [4.78, 5) is 12.0. The highest BCUT2D eigenvalue weighted by atomic mass is 16.5. The number of methoxy groups -OCH3 is 2. The molecular formula is C17H18N2O4. The van der Waals surface area contributed by atoms with Gasteiger partial charge in [-0.3, -0.25) is 4.79 Å². The molecule has 0 saturated carbocycles. The standard InChI is InChI=1S/C17H18N2O4/c1-11(13-6-9-15(20)16(10-13)23-3)18-19-17(21)12-4-7-14(22-2)8-5-12/h4-10,20H,1-3H3,(H,19,21)/b18-11+. The first kappa shape index (κ1) is 16.4. The van der Waals surface area contributed by atoms with E-state index >= 15 is 0 Å². The molecule has 23 heavy (non-hydrogen) atoms. The second-order valence-corrected chi connectivity index (χ2v) is 4.75. The smallest absolute Gasteiger partial charge is 0.271 e. The second kappa shape index (κ2) is 7.31. The van der Waals surface area contributed by atoms with Crippen LogP contribution in [0.1, 0.15) is 22.8 Å². The SMILES string of the molecule is COc1ccc(C(=O)N/N=C(\C)c2ccc(O)c(OC)c2)cc1. The number of hydrazone groups is 1. The van der Waals surface area contributed by atoms with Crippen LogP contribution in [0.15, 0.2) is 47.6 Å². The number of phenols is 1. The number of hydrogen-bond acceptors (Lipinski definition) is 5. The average molecular weight is 314 g/mol. The molecule has 0 radical (unpaired) electrons. The van der Waals surface area contributed by atoms with Gasteiger partial charge in [0, 0.05) is 11.1 Å². The summed E-state index contributed by atoms with van der Waals surface area (Å²) < 4.78 is 10.1. The summed E-state index contributed by atoms with van der Waals surface area (Å²) in [6.45, 7) is 1.75. The van der Waals surface area contributed by atoms with Gasteiger partial charge >= 0.3 is 0 Å². The fourth-order valence-corrected chi connectivity index (χ4v) is 1.91. The predicted molar refractivity (Wildman–Crippen MR) is 87.3 cm³/mol. The molecule has 2 aromatic rings. The number of amides is 1. The molecule has 1 amide bonds. The molecule has 0 atom stereocenters. The number of phenolic OH excluding ortho intramolecular Hbond substituents is 1. The van der Waals surface area contributed by atoms with Gasteiger partial charge in [-0.1, -0.05) is 0 Å². The van der Waals surface area contributed by atoms with Gasteiger partial charge in [0.1, 0.15) is 5.75 Å². The minimum atomic E-state index is -0.322. The first-order valence-corrected chi connectivity index (χ1v) is 6.91. The number of hydrogen-bond donors (Lipinski definition) is 2. The lowest BCUT2D eigenvalue weighted by Gasteiger charge is -2.07. The normalized spacial score (nSPS) is 11.0. The van der Waals surface area contributed by atoms with Crippen molar-refractivity contribution >= 4 is 11.6 Å². The van der Waals surface area contributed by atoms with Crippen molar-refractivity contribution in [2.45, 2.75) is 6.92 Å². The third kappa shape index (κ3) is 4.00. The van der Waals surface area contributed by atoms with E-state index < -0.39 is 0 Å². The molecule has 0 spiro atoms. The van der Waals surface area contributed by atoms with Crippen LogP contribution in [0.25, 0.3) is 0 Å². The summed E-state index contributed by atoms with van der Waals surface area (Å²) in [7, 11) is 3.03. The van der Waals surface area contributed by atoms with Crippen molar-refractivity contribution in [3.8, 4) is 17.2 Å². The Morgan fingerprint density at radius 3 is 2.30 bits per heavy atom. The molecule has 0 heterocycles. The number of benzene rings is 2. The molecule has 2 aromatic carbocycles. The van der Waals surface area contributed by atoms with Gasteiger partial charge in [0.2, 0.25) is 0 Å². The fraction of sp³-hybridized carbons (Fsp3) is 0.176. The van der Waals surface area contributed by atoms with Gasteiger partial charge in [-0.2, -0.15) is 5.10 Å². The van der Waals surface area contributed by atoms with Crippen LogP contribution >= 0.6 is 0 Å². The van der Waals surface area contributed by atoms with Crippen molar-refractivity contribution in [1.82, 2.24) is 5.43 Å². The molecule has 0 aromatic heterocycles. The predicted octanol–water partition coefficient (Wildman–Crippen LogP) is 2.56. The number of rotatable bonds is 5. The Labute approximate surface area is 134 Å². The zero-order valence-corrected chi connectivity index (χ0v) is 13.2. The zero-order chi connectivity index (χ0) is 16.8. The molecule has 0 aliphatic rings. The summed E-state index contributed by atoms with van der Waals surface area (Å²) in [5.74, 6) is 0.750. The van der Waals surface area contributed by atoms with E-state index in [0.29, 0.717) is 22.8 Å². The number of carbonyl (C=O) groups excluding carboxylic acids is 1. The third-order valence-electron chi connectivity index (χ3n) is 3.27. The fourth-order valence-electron chi connectivity index (χ4n) is 1.91. The van der Waals surface area contributed by atoms with Gasteiger partial charge in [-0.15, -0.1) is 0 Å². The lowest BCUT2D eigenvalue weighted by atomic mass is 10.1. The molecule has 6 nitrogen and oxygen atoms in total. The van der Waals surface area contributed by atoms with Crippen LogP contribution in [-0.4, -0.2) is 30.9 Å². The summed E-state index contributed by atoms with van der Waals surface area (Å²) in [6, 6.07) is 11.6. The van der Waals surface area contributed by atoms with E-state index in [2.05, 4.69) is 10.5 Å². The van der Waals surface area contributed by atoms with Crippen LogP contribution in [0.2, 0.25) is 0 Å². The van der Waals surface area contributed by atoms with Crippen LogP contribution in [0.4, 0.5) is 0 Å². The van der Waals surface area contributed by atoms with Crippen LogP contribution in [0, 0.1) is 0 Å². The van der Waals surface area contributed by atoms with Crippen molar-refractivity contribution in [2.24, 2.45) is 5.10 Å². The Morgan fingerprint density at radius 1 is 1.04 bits per heavy atom. The number of carbonyl (C=O) groups is 1. The molecular weight excluding hydrogens is 296 g/mol. The lowest BCUT2D eigenvalue weighted by Crippen LogP contribution is -2.19. The van der Waals surface area contributed by atoms with E-state index in [4.69, 9.17) is 9.47 Å². The first-order valence-electron chi connectivity index (χ1n) is 6.91. The molecule has 0 aliphatic carbocycles. The highest BCUT2D eigenvalue weighted by molar-refractivity contribution is 6.01. The van der Waals surface area contributed by atoms with Crippen molar-refractivity contribution in [3.63, 3.8) is 0 Å². The van der Waals surface area contributed by atoms with Crippen molar-refractivity contribution in [3.05, 3.63) is 53.6 Å². The minimum absolute atomic E-state index is 0.0475. The highest BCUT2D eigenvalue weighted by Gasteiger charge is 2.07. The number of nitrogens with one attached hydrogen (secondary N) is 1. The Morgan fingerprint density at radius 2 is 1.70 bits per heavy atom. The molecule has 2 rings (SSSR count). The quantitative estimate of drug-likeness (QED) is 0.656. The van der Waals surface area contributed by atoms with Gasteiger partial charge in [0.15, 0.2) is 11.5 Å². The highest BCUT2D eigenvalue weighted by Crippen LogP contribution is 2.26. The summed E-state index contributed by atoms with van der Waals surface area (Å²) in [5.41, 5.74) is 4.29. The minimum Gasteiger partial charge on any atom is -0.504 e. The zero-order valence-electron chi connectivity index (χ0n) is 13.2. The van der Waals surface area contributed by atoms with Crippen molar-refractivity contribution in [1.29, 1.82) is 0 Å². The molecule has 6 heteroatoms. The number of aromatic hydroxyl groups is 1. The maximum absolute atomic E-state index is 12.0. The molecule has 0 fully saturated rings. The van der Waals surface area contributed by atoms with E-state index in [9.17, 15) is 9.90 Å². The van der Waals surface area contributed by atoms with Gasteiger partial charge in [0.05, 0.1) is 19.9 Å². The maximum Gasteiger partial charge on any atom is 0.271 e. The molecule has 120 valence electrons. The molecule has 0 bridgehead atoms. The van der Waals surface area contributed by atoms with E-state index in [-0.39, 0.29) is 11.7 Å². The molecule has 0 aliphatic heterocycles. The number of ether oxygens (including phenoxy) is 2. The van der Waals surface area contributed by atoms with E-state index in [1.165, 1.54) is 13.2 Å². The molecule has 0 unspecified atom stereocenters. The third-order valence-corrected chi connectivity index (χ3v) is 3.27. The molecule has 0 saturated heterocycles. The largest absolute Gasteiger partial charge is 0.504 e. The maximum atomic E-state index is 12.0. The lowest BCUT2D eigenvalue weighted by molar-refractivity contribution is 0.0955. The van der Waals surface area contributed by atoms with Gasteiger partial charge in [-0.05, 0) is 49.4 Å². The average Bonchev–Trinajstić information content (AvgIpc) is 2.59. The Bertz CT molecular complexity index is 724. The van der Waals surface area contributed by atoms with E-state index in [1.807, 2.05) is 0 Å². The Kier molecular flexibility index (Phi) is 5.19. The Hall–Kier alpha value is -3.02. The van der Waals surface area contributed by atoms with Gasteiger partial charge < -0.3 is 14.6 Å². The van der Waals surface area contributed by atoms with Crippen LogP contribution in [0.5, 0.6) is 17.2 Å². The topological polar surface area (TPSA) is 80.2 Å². The first-order chi connectivity index (χ1) is 11.0. The van der Waals surface area contributed by atoms with Crippen molar-refractivity contribution < 1.29 is 19.4 Å². The van der Waals surface area contributed by atoms with Gasteiger partial charge in [-0.25, -0.2) is 5.43 Å². The Balaban J connectivity index is 2.10. The van der Waals surface area contributed by atoms with Gasteiger partial charge in [0.25, 0.3) is 5.91 Å². The van der Waals surface area contributed by atoms with Crippen molar-refractivity contribution in [2.75, 3.05) is 14.2 Å². The van der Waals surface area contributed by atoms with E-state index in [1.54, 1.807) is 50.4 Å². The molecule has 2 N–H and O–H groups in total. The van der Waals surface area contributed by atoms with E-state index in [0.717, 1.165) is 5.56 Å². The van der Waals surface area contributed by atoms with Crippen LogP contribution < -0.4 is 14.9 Å². The van der Waals surface area contributed by atoms with Crippen LogP contribution in [0.3, 0.4) is 0 Å². The summed E-state index contributed by atoms with van der Waals surface area (Å²) in [6.07, 6.45) is 0.